The van der Waals surface area contributed by atoms with E-state index in [2.05, 4.69) is 15.9 Å². The fourth-order valence-corrected chi connectivity index (χ4v) is 2.80. The molecule has 2 aromatic heterocycles. The molecule has 21 heavy (non-hydrogen) atoms. The number of aldehydes is 1. The number of benzene rings is 1. The molecule has 0 spiro atoms. The Morgan fingerprint density at radius 2 is 1.95 bits per heavy atom. The molecule has 3 nitrogen and oxygen atoms in total. The van der Waals surface area contributed by atoms with Gasteiger partial charge in [0.25, 0.3) is 5.56 Å². The van der Waals surface area contributed by atoms with Crippen LogP contribution in [0, 0.1) is 0 Å². The van der Waals surface area contributed by atoms with Crippen molar-refractivity contribution in [1.29, 1.82) is 0 Å². The lowest BCUT2D eigenvalue weighted by molar-refractivity contribution is 0.112. The van der Waals surface area contributed by atoms with Crippen molar-refractivity contribution in [1.82, 2.24) is 4.40 Å². The number of aromatic nitrogens is 1. The van der Waals surface area contributed by atoms with E-state index in [4.69, 9.17) is 11.6 Å². The molecule has 1 aromatic carbocycles. The smallest absolute Gasteiger partial charge is 0.265 e. The van der Waals surface area contributed by atoms with Gasteiger partial charge < -0.3 is 0 Å². The minimum Gasteiger partial charge on any atom is -0.298 e. The molecule has 104 valence electrons. The van der Waals surface area contributed by atoms with Gasteiger partial charge in [-0.2, -0.15) is 0 Å². The number of carbonyl (C=O) groups is 1. The zero-order valence-electron chi connectivity index (χ0n) is 10.7. The Kier molecular flexibility index (Phi) is 3.66. The number of carbonyl (C=O) groups excluding carboxylic acids is 1. The lowest BCUT2D eigenvalue weighted by Crippen LogP contribution is -2.17. The second-order valence-electron chi connectivity index (χ2n) is 4.52. The lowest BCUT2D eigenvalue weighted by atomic mass is 10.1. The van der Waals surface area contributed by atoms with Crippen LogP contribution in [0.4, 0.5) is 0 Å². The predicted octanol–water partition coefficient (Wildman–Crippen LogP) is 4.19. The maximum atomic E-state index is 12.0. The summed E-state index contributed by atoms with van der Waals surface area (Å²) in [5.41, 5.74) is 2.30. The normalized spacial score (nSPS) is 10.8. The fraction of sp³-hybridized carbons (Fsp3) is 0. The standard InChI is InChI=1S/C16H9BrClNO2/c17-14-3-1-2-13(15(14)18)10-6-7-19-12(8-10)5-4-11(9-20)16(19)21/h1-9H. The van der Waals surface area contributed by atoms with Crippen molar-refractivity contribution in [3.05, 3.63) is 74.1 Å². The molecular formula is C16H9BrClNO2. The highest BCUT2D eigenvalue weighted by Crippen LogP contribution is 2.33. The van der Waals surface area contributed by atoms with Crippen LogP contribution in [0.1, 0.15) is 10.4 Å². The van der Waals surface area contributed by atoms with Gasteiger partial charge in [0.1, 0.15) is 0 Å². The Bertz CT molecular complexity index is 918. The van der Waals surface area contributed by atoms with E-state index in [1.54, 1.807) is 18.3 Å². The van der Waals surface area contributed by atoms with E-state index < -0.39 is 0 Å². The summed E-state index contributed by atoms with van der Waals surface area (Å²) in [6, 6.07) is 12.6. The Hall–Kier alpha value is -1.91. The van der Waals surface area contributed by atoms with Crippen LogP contribution in [0.5, 0.6) is 0 Å². The minimum absolute atomic E-state index is 0.140. The third-order valence-corrected chi connectivity index (χ3v) is 4.57. The van der Waals surface area contributed by atoms with Crippen LogP contribution < -0.4 is 5.56 Å². The summed E-state index contributed by atoms with van der Waals surface area (Å²) >= 11 is 9.69. The zero-order chi connectivity index (χ0) is 15.0. The maximum Gasteiger partial charge on any atom is 0.265 e. The van der Waals surface area contributed by atoms with Gasteiger partial charge in [-0.3, -0.25) is 14.0 Å². The van der Waals surface area contributed by atoms with E-state index in [1.165, 1.54) is 10.5 Å². The molecule has 0 saturated carbocycles. The first-order chi connectivity index (χ1) is 10.1. The molecule has 2 heterocycles. The second kappa shape index (κ2) is 5.47. The van der Waals surface area contributed by atoms with Gasteiger partial charge in [0, 0.05) is 21.7 Å². The van der Waals surface area contributed by atoms with E-state index in [1.807, 2.05) is 24.3 Å². The zero-order valence-corrected chi connectivity index (χ0v) is 13.1. The van der Waals surface area contributed by atoms with Crippen molar-refractivity contribution in [2.45, 2.75) is 0 Å². The Labute approximate surface area is 133 Å². The summed E-state index contributed by atoms with van der Waals surface area (Å²) in [4.78, 5) is 22.8. The molecule has 0 radical (unpaired) electrons. The van der Waals surface area contributed by atoms with E-state index in [0.29, 0.717) is 16.8 Å². The second-order valence-corrected chi connectivity index (χ2v) is 5.76. The average Bonchev–Trinajstić information content (AvgIpc) is 2.50. The molecule has 3 aromatic rings. The number of pyridine rings is 2. The van der Waals surface area contributed by atoms with Gasteiger partial charge in [0.2, 0.25) is 0 Å². The van der Waals surface area contributed by atoms with Gasteiger partial charge in [0.15, 0.2) is 6.29 Å². The van der Waals surface area contributed by atoms with Crippen LogP contribution in [0.2, 0.25) is 5.02 Å². The molecule has 0 saturated heterocycles. The molecule has 0 amide bonds. The van der Waals surface area contributed by atoms with Crippen LogP contribution in [-0.2, 0) is 0 Å². The van der Waals surface area contributed by atoms with Crippen molar-refractivity contribution < 1.29 is 4.79 Å². The maximum absolute atomic E-state index is 12.0. The Morgan fingerprint density at radius 1 is 1.14 bits per heavy atom. The van der Waals surface area contributed by atoms with E-state index in [9.17, 15) is 9.59 Å². The fourth-order valence-electron chi connectivity index (χ4n) is 2.20. The van der Waals surface area contributed by atoms with Crippen LogP contribution in [0.25, 0.3) is 16.6 Å². The quantitative estimate of drug-likeness (QED) is 0.641. The van der Waals surface area contributed by atoms with Gasteiger partial charge in [-0.15, -0.1) is 0 Å². The number of halogens is 2. The molecule has 0 aliphatic heterocycles. The van der Waals surface area contributed by atoms with Crippen molar-refractivity contribution in [2.24, 2.45) is 0 Å². The molecule has 0 aliphatic rings. The molecule has 0 N–H and O–H groups in total. The summed E-state index contributed by atoms with van der Waals surface area (Å²) in [5.74, 6) is 0. The van der Waals surface area contributed by atoms with Gasteiger partial charge in [0.05, 0.1) is 10.6 Å². The summed E-state index contributed by atoms with van der Waals surface area (Å²) in [7, 11) is 0. The number of hydrogen-bond acceptors (Lipinski definition) is 2. The van der Waals surface area contributed by atoms with Gasteiger partial charge in [-0.05, 0) is 51.8 Å². The van der Waals surface area contributed by atoms with Gasteiger partial charge >= 0.3 is 0 Å². The van der Waals surface area contributed by atoms with Crippen LogP contribution in [0.3, 0.4) is 0 Å². The highest BCUT2D eigenvalue weighted by atomic mass is 79.9. The summed E-state index contributed by atoms with van der Waals surface area (Å²) in [5, 5.41) is 0.619. The van der Waals surface area contributed by atoms with E-state index in [-0.39, 0.29) is 11.1 Å². The molecule has 0 fully saturated rings. The van der Waals surface area contributed by atoms with E-state index in [0.717, 1.165) is 15.6 Å². The molecule has 0 aliphatic carbocycles. The summed E-state index contributed by atoms with van der Waals surface area (Å²) in [6.07, 6.45) is 2.21. The highest BCUT2D eigenvalue weighted by molar-refractivity contribution is 9.10. The largest absolute Gasteiger partial charge is 0.298 e. The first kappa shape index (κ1) is 14.0. The first-order valence-corrected chi connectivity index (χ1v) is 7.34. The monoisotopic (exact) mass is 361 g/mol. The third kappa shape index (κ3) is 2.41. The Morgan fingerprint density at radius 3 is 2.71 bits per heavy atom. The van der Waals surface area contributed by atoms with Crippen molar-refractivity contribution in [3.8, 4) is 11.1 Å². The Balaban J connectivity index is 2.25. The molecule has 0 unspecified atom stereocenters. The molecule has 0 bridgehead atoms. The van der Waals surface area contributed by atoms with Crippen LogP contribution >= 0.6 is 27.5 Å². The molecule has 0 atom stereocenters. The van der Waals surface area contributed by atoms with Crippen LogP contribution in [-0.4, -0.2) is 10.7 Å². The topological polar surface area (TPSA) is 38.5 Å². The van der Waals surface area contributed by atoms with Gasteiger partial charge in [-0.25, -0.2) is 0 Å². The van der Waals surface area contributed by atoms with Gasteiger partial charge in [-0.1, -0.05) is 23.7 Å². The van der Waals surface area contributed by atoms with Crippen molar-refractivity contribution >= 4 is 39.3 Å². The third-order valence-electron chi connectivity index (χ3n) is 3.27. The average molecular weight is 363 g/mol. The van der Waals surface area contributed by atoms with E-state index >= 15 is 0 Å². The molecular weight excluding hydrogens is 354 g/mol. The summed E-state index contributed by atoms with van der Waals surface area (Å²) in [6.45, 7) is 0. The number of rotatable bonds is 2. The molecule has 3 rings (SSSR count). The first-order valence-electron chi connectivity index (χ1n) is 6.17. The number of hydrogen-bond donors (Lipinski definition) is 0. The van der Waals surface area contributed by atoms with Crippen molar-refractivity contribution in [3.63, 3.8) is 0 Å². The summed E-state index contributed by atoms with van der Waals surface area (Å²) < 4.78 is 2.26. The number of fused-ring (bicyclic) bond motifs is 1. The number of nitrogens with zero attached hydrogens (tertiary/aromatic N) is 1. The van der Waals surface area contributed by atoms with Crippen LogP contribution in [0.15, 0.2) is 57.9 Å². The highest BCUT2D eigenvalue weighted by Gasteiger charge is 2.08. The minimum atomic E-state index is -0.325. The SMILES string of the molecule is O=Cc1ccc2cc(-c3cccc(Br)c3Cl)ccn2c1=O. The van der Waals surface area contributed by atoms with Crippen molar-refractivity contribution in [2.75, 3.05) is 0 Å². The molecule has 5 heteroatoms. The lowest BCUT2D eigenvalue weighted by Gasteiger charge is -2.08. The predicted molar refractivity (Wildman–Crippen MR) is 87.2 cm³/mol.